The summed E-state index contributed by atoms with van der Waals surface area (Å²) in [6.45, 7) is 1.87. The maximum atomic E-state index is 12.1. The van der Waals surface area contributed by atoms with E-state index in [1.54, 1.807) is 62.6 Å². The summed E-state index contributed by atoms with van der Waals surface area (Å²) in [5.74, 6) is -0.980. The molecule has 1 N–H and O–H groups in total. The van der Waals surface area contributed by atoms with Gasteiger partial charge in [0.1, 0.15) is 0 Å². The van der Waals surface area contributed by atoms with Gasteiger partial charge in [-0.2, -0.15) is 0 Å². The fraction of sp³-hybridized carbons (Fsp3) is 0.250. The van der Waals surface area contributed by atoms with Gasteiger partial charge in [0.2, 0.25) is 5.91 Å². The maximum Gasteiger partial charge on any atom is 0.338 e. The van der Waals surface area contributed by atoms with Crippen molar-refractivity contribution in [2.75, 3.05) is 19.0 Å². The van der Waals surface area contributed by atoms with Crippen molar-refractivity contribution in [3.05, 3.63) is 65.2 Å². The third kappa shape index (κ3) is 5.53. The number of carbonyl (C=O) groups is 3. The van der Waals surface area contributed by atoms with Crippen LogP contribution >= 0.6 is 0 Å². The highest BCUT2D eigenvalue weighted by atomic mass is 16.5. The normalized spacial score (nSPS) is 10.2. The van der Waals surface area contributed by atoms with E-state index >= 15 is 0 Å². The number of ketones is 1. The Hall–Kier alpha value is -2.99. The molecule has 2 rings (SSSR count). The van der Waals surface area contributed by atoms with Gasteiger partial charge in [-0.1, -0.05) is 19.1 Å². The number of rotatable bonds is 8. The second-order valence-corrected chi connectivity index (χ2v) is 5.61. The highest BCUT2D eigenvalue weighted by molar-refractivity contribution is 6.00. The zero-order valence-corrected chi connectivity index (χ0v) is 14.8. The predicted molar refractivity (Wildman–Crippen MR) is 97.1 cm³/mol. The molecule has 0 unspecified atom stereocenters. The Labute approximate surface area is 152 Å². The summed E-state index contributed by atoms with van der Waals surface area (Å²) in [5.41, 5.74) is 2.33. The Bertz CT molecular complexity index is 766. The van der Waals surface area contributed by atoms with Gasteiger partial charge < -0.3 is 14.8 Å². The molecule has 0 heterocycles. The zero-order valence-electron chi connectivity index (χ0n) is 14.8. The summed E-state index contributed by atoms with van der Waals surface area (Å²) in [7, 11) is 1.60. The molecule has 2 aromatic carbocycles. The van der Waals surface area contributed by atoms with Gasteiger partial charge in [-0.15, -0.1) is 0 Å². The van der Waals surface area contributed by atoms with Crippen LogP contribution in [0.3, 0.4) is 0 Å². The molecule has 6 nitrogen and oxygen atoms in total. The summed E-state index contributed by atoms with van der Waals surface area (Å²) < 4.78 is 10.1. The Morgan fingerprint density at radius 3 is 2.12 bits per heavy atom. The quantitative estimate of drug-likeness (QED) is 0.581. The molecule has 0 atom stereocenters. The van der Waals surface area contributed by atoms with Crippen molar-refractivity contribution in [1.82, 2.24) is 0 Å². The number of Topliss-reactive ketones (excluding diaryl/α,β-unsaturated/α-hetero) is 1. The van der Waals surface area contributed by atoms with Crippen LogP contribution in [0.15, 0.2) is 48.5 Å². The molecule has 0 saturated carbocycles. The molecule has 0 aromatic heterocycles. The number of amides is 1. The molecule has 0 aliphatic carbocycles. The van der Waals surface area contributed by atoms with Crippen molar-refractivity contribution in [2.24, 2.45) is 0 Å². The molecule has 0 spiro atoms. The van der Waals surface area contributed by atoms with Crippen LogP contribution in [0.1, 0.15) is 39.6 Å². The van der Waals surface area contributed by atoms with Crippen molar-refractivity contribution in [3.8, 4) is 0 Å². The lowest BCUT2D eigenvalue weighted by Crippen LogP contribution is -2.14. The van der Waals surface area contributed by atoms with Gasteiger partial charge in [-0.25, -0.2) is 4.79 Å². The van der Waals surface area contributed by atoms with Crippen molar-refractivity contribution < 1.29 is 23.9 Å². The summed E-state index contributed by atoms with van der Waals surface area (Å²) in [6.07, 6.45) is 0.378. The smallest absolute Gasteiger partial charge is 0.338 e. The van der Waals surface area contributed by atoms with E-state index in [1.165, 1.54) is 0 Å². The topological polar surface area (TPSA) is 81.7 Å². The lowest BCUT2D eigenvalue weighted by molar-refractivity contribution is -0.115. The van der Waals surface area contributed by atoms with Gasteiger partial charge in [0.15, 0.2) is 12.4 Å². The van der Waals surface area contributed by atoms with Gasteiger partial charge in [0.25, 0.3) is 0 Å². The second-order valence-electron chi connectivity index (χ2n) is 5.61. The van der Waals surface area contributed by atoms with E-state index in [0.717, 1.165) is 5.56 Å². The molecule has 136 valence electrons. The Morgan fingerprint density at radius 1 is 0.923 bits per heavy atom. The van der Waals surface area contributed by atoms with E-state index < -0.39 is 5.97 Å². The Balaban J connectivity index is 1.89. The molecule has 6 heteroatoms. The van der Waals surface area contributed by atoms with Crippen LogP contribution in [0.4, 0.5) is 5.69 Å². The van der Waals surface area contributed by atoms with Crippen molar-refractivity contribution >= 4 is 23.3 Å². The number of nitrogens with one attached hydrogen (secondary N) is 1. The number of methoxy groups -OCH3 is 1. The van der Waals surface area contributed by atoms with Crippen LogP contribution in [0, 0.1) is 0 Å². The minimum atomic E-state index is -0.561. The van der Waals surface area contributed by atoms with Crippen LogP contribution < -0.4 is 5.32 Å². The predicted octanol–water partition coefficient (Wildman–Crippen LogP) is 3.22. The highest BCUT2D eigenvalue weighted by Gasteiger charge is 2.12. The van der Waals surface area contributed by atoms with E-state index in [4.69, 9.17) is 9.47 Å². The van der Waals surface area contributed by atoms with Gasteiger partial charge in [-0.05, 0) is 42.0 Å². The van der Waals surface area contributed by atoms with E-state index in [1.807, 2.05) is 0 Å². The van der Waals surface area contributed by atoms with Crippen molar-refractivity contribution in [2.45, 2.75) is 20.0 Å². The van der Waals surface area contributed by atoms with Gasteiger partial charge in [-0.3, -0.25) is 9.59 Å². The number of hydrogen-bond acceptors (Lipinski definition) is 5. The van der Waals surface area contributed by atoms with Gasteiger partial charge in [0, 0.05) is 24.8 Å². The largest absolute Gasteiger partial charge is 0.454 e. The SMILES string of the molecule is CCC(=O)Nc1ccc(C(=O)COC(=O)c2ccc(COC)cc2)cc1. The molecule has 0 bridgehead atoms. The summed E-state index contributed by atoms with van der Waals surface area (Å²) in [6, 6.07) is 13.2. The first-order valence-electron chi connectivity index (χ1n) is 8.21. The third-order valence-corrected chi connectivity index (χ3v) is 3.65. The Morgan fingerprint density at radius 2 is 1.54 bits per heavy atom. The average molecular weight is 355 g/mol. The number of benzene rings is 2. The van der Waals surface area contributed by atoms with Crippen LogP contribution in [0.2, 0.25) is 0 Å². The molecular formula is C20H21NO5. The first-order valence-corrected chi connectivity index (χ1v) is 8.21. The van der Waals surface area contributed by atoms with Crippen LogP contribution in [0.5, 0.6) is 0 Å². The molecule has 1 amide bonds. The Kier molecular flexibility index (Phi) is 7.05. The number of carbonyl (C=O) groups excluding carboxylic acids is 3. The number of esters is 1. The highest BCUT2D eigenvalue weighted by Crippen LogP contribution is 2.12. The van der Waals surface area contributed by atoms with Gasteiger partial charge in [0.05, 0.1) is 12.2 Å². The van der Waals surface area contributed by atoms with E-state index in [0.29, 0.717) is 29.8 Å². The molecule has 26 heavy (non-hydrogen) atoms. The van der Waals surface area contributed by atoms with Crippen LogP contribution in [0.25, 0.3) is 0 Å². The first-order chi connectivity index (χ1) is 12.5. The van der Waals surface area contributed by atoms with E-state index in [-0.39, 0.29) is 18.3 Å². The summed E-state index contributed by atoms with van der Waals surface area (Å²) >= 11 is 0. The molecule has 0 radical (unpaired) electrons. The first kappa shape index (κ1) is 19.3. The molecule has 0 aliphatic heterocycles. The van der Waals surface area contributed by atoms with Gasteiger partial charge >= 0.3 is 5.97 Å². The standard InChI is InChI=1S/C20H21NO5/c1-3-19(23)21-17-10-8-15(9-11-17)18(22)13-26-20(24)16-6-4-14(5-7-16)12-25-2/h4-11H,3,12-13H2,1-2H3,(H,21,23). The minimum Gasteiger partial charge on any atom is -0.454 e. The molecule has 0 fully saturated rings. The summed E-state index contributed by atoms with van der Waals surface area (Å²) in [4.78, 5) is 35.5. The number of ether oxygens (including phenoxy) is 2. The molecule has 0 saturated heterocycles. The fourth-order valence-corrected chi connectivity index (χ4v) is 2.19. The monoisotopic (exact) mass is 355 g/mol. The van der Waals surface area contributed by atoms with Crippen LogP contribution in [-0.4, -0.2) is 31.4 Å². The lowest BCUT2D eigenvalue weighted by atomic mass is 10.1. The summed E-state index contributed by atoms with van der Waals surface area (Å²) in [5, 5.41) is 2.70. The zero-order chi connectivity index (χ0) is 18.9. The maximum absolute atomic E-state index is 12.1. The molecule has 2 aromatic rings. The second kappa shape index (κ2) is 9.48. The van der Waals surface area contributed by atoms with E-state index in [2.05, 4.69) is 5.32 Å². The number of anilines is 1. The molecule has 0 aliphatic rings. The average Bonchev–Trinajstić information content (AvgIpc) is 2.67. The van der Waals surface area contributed by atoms with Crippen molar-refractivity contribution in [1.29, 1.82) is 0 Å². The van der Waals surface area contributed by atoms with E-state index in [9.17, 15) is 14.4 Å². The minimum absolute atomic E-state index is 0.102. The molecular weight excluding hydrogens is 334 g/mol. The third-order valence-electron chi connectivity index (χ3n) is 3.65. The number of hydrogen-bond donors (Lipinski definition) is 1. The lowest BCUT2D eigenvalue weighted by Gasteiger charge is -2.07. The fourth-order valence-electron chi connectivity index (χ4n) is 2.19. The van der Waals surface area contributed by atoms with Crippen LogP contribution in [-0.2, 0) is 20.9 Å². The van der Waals surface area contributed by atoms with Crippen molar-refractivity contribution in [3.63, 3.8) is 0 Å².